The molecule has 1 aromatic heterocycles. The zero-order valence-electron chi connectivity index (χ0n) is 12.4. The van der Waals surface area contributed by atoms with E-state index in [9.17, 15) is 13.2 Å². The average Bonchev–Trinajstić information content (AvgIpc) is 2.48. The molecule has 116 valence electrons. The highest BCUT2D eigenvalue weighted by atomic mass is 32.2. The molecule has 1 aromatic rings. The fourth-order valence-electron chi connectivity index (χ4n) is 2.47. The number of likely N-dealkylation sites (N-methyl/N-ethyl adjacent to an activating group) is 1. The molecular weight excluding hydrogens is 290 g/mol. The summed E-state index contributed by atoms with van der Waals surface area (Å²) in [7, 11) is -2.24. The summed E-state index contributed by atoms with van der Waals surface area (Å²) in [6.45, 7) is 3.39. The van der Waals surface area contributed by atoms with Gasteiger partial charge in [-0.3, -0.25) is 9.78 Å². The third-order valence-corrected chi connectivity index (χ3v) is 5.50. The predicted octanol–water partition coefficient (Wildman–Crippen LogP) is 0.961. The van der Waals surface area contributed by atoms with Crippen molar-refractivity contribution >= 4 is 15.9 Å². The maximum absolute atomic E-state index is 12.3. The number of aromatic nitrogens is 1. The van der Waals surface area contributed by atoms with Crippen molar-refractivity contribution in [3.63, 3.8) is 0 Å². The van der Waals surface area contributed by atoms with Crippen LogP contribution in [0.4, 0.5) is 0 Å². The molecule has 7 heteroatoms. The maximum atomic E-state index is 12.3. The van der Waals surface area contributed by atoms with Gasteiger partial charge >= 0.3 is 0 Å². The summed E-state index contributed by atoms with van der Waals surface area (Å²) in [6.07, 6.45) is 4.90. The van der Waals surface area contributed by atoms with Gasteiger partial charge in [0, 0.05) is 32.5 Å². The van der Waals surface area contributed by atoms with Crippen molar-refractivity contribution < 1.29 is 13.2 Å². The zero-order valence-corrected chi connectivity index (χ0v) is 13.2. The zero-order chi connectivity index (χ0) is 15.5. The lowest BCUT2D eigenvalue weighted by Crippen LogP contribution is -2.45. The molecule has 0 aromatic carbocycles. The molecule has 0 N–H and O–H groups in total. The number of sulfonamides is 1. The van der Waals surface area contributed by atoms with E-state index in [1.165, 1.54) is 25.5 Å². The van der Waals surface area contributed by atoms with Crippen LogP contribution in [0.5, 0.6) is 0 Å². The Hall–Kier alpha value is -1.47. The Labute approximate surface area is 125 Å². The van der Waals surface area contributed by atoms with Crippen LogP contribution in [0.1, 0.15) is 19.8 Å². The molecule has 0 aliphatic carbocycles. The van der Waals surface area contributed by atoms with Gasteiger partial charge in [0.1, 0.15) is 4.90 Å². The van der Waals surface area contributed by atoms with Gasteiger partial charge in [0.2, 0.25) is 15.9 Å². The molecule has 0 unspecified atom stereocenters. The van der Waals surface area contributed by atoms with Crippen LogP contribution in [-0.2, 0) is 14.8 Å². The standard InChI is InChI=1S/C14H21N3O3S/c1-12-5-4-8-17(10-12)14(18)11-16(2)21(19,20)13-6-3-7-15-9-13/h3,6-7,9,12H,4-5,8,10-11H2,1-2H3/t12-/m0/s1. The third-order valence-electron chi connectivity index (χ3n) is 3.71. The predicted molar refractivity (Wildman–Crippen MR) is 79.0 cm³/mol. The van der Waals surface area contributed by atoms with E-state index in [-0.39, 0.29) is 17.3 Å². The molecule has 0 saturated carbocycles. The van der Waals surface area contributed by atoms with E-state index in [1.54, 1.807) is 11.0 Å². The van der Waals surface area contributed by atoms with Gasteiger partial charge in [-0.1, -0.05) is 6.92 Å². The van der Waals surface area contributed by atoms with Gasteiger partial charge in [-0.05, 0) is 30.9 Å². The van der Waals surface area contributed by atoms with Crippen molar-refractivity contribution in [1.29, 1.82) is 0 Å². The Bertz CT molecular complexity index is 589. The molecule has 2 rings (SSSR count). The van der Waals surface area contributed by atoms with Crippen LogP contribution in [0.15, 0.2) is 29.4 Å². The monoisotopic (exact) mass is 311 g/mol. The lowest BCUT2D eigenvalue weighted by molar-refractivity contribution is -0.132. The van der Waals surface area contributed by atoms with Crippen LogP contribution in [0, 0.1) is 5.92 Å². The summed E-state index contributed by atoms with van der Waals surface area (Å²) in [6, 6.07) is 3.04. The fraction of sp³-hybridized carbons (Fsp3) is 0.571. The van der Waals surface area contributed by atoms with Crippen LogP contribution in [0.2, 0.25) is 0 Å². The van der Waals surface area contributed by atoms with E-state index in [2.05, 4.69) is 11.9 Å². The summed E-state index contributed by atoms with van der Waals surface area (Å²) in [5, 5.41) is 0. The highest BCUT2D eigenvalue weighted by Gasteiger charge is 2.27. The van der Waals surface area contributed by atoms with Crippen molar-refractivity contribution in [3.8, 4) is 0 Å². The quantitative estimate of drug-likeness (QED) is 0.830. The highest BCUT2D eigenvalue weighted by Crippen LogP contribution is 2.17. The minimum Gasteiger partial charge on any atom is -0.341 e. The maximum Gasteiger partial charge on any atom is 0.244 e. The van der Waals surface area contributed by atoms with Gasteiger partial charge < -0.3 is 4.90 Å². The molecule has 2 heterocycles. The van der Waals surface area contributed by atoms with Gasteiger partial charge in [0.15, 0.2) is 0 Å². The second-order valence-corrected chi connectivity index (χ2v) is 7.58. The molecule has 6 nitrogen and oxygen atoms in total. The van der Waals surface area contributed by atoms with Gasteiger partial charge in [-0.15, -0.1) is 0 Å². The van der Waals surface area contributed by atoms with Gasteiger partial charge in [0.05, 0.1) is 6.54 Å². The topological polar surface area (TPSA) is 70.6 Å². The number of carbonyl (C=O) groups is 1. The van der Waals surface area contributed by atoms with E-state index >= 15 is 0 Å². The number of hydrogen-bond acceptors (Lipinski definition) is 4. The first kappa shape index (κ1) is 15.9. The molecule has 21 heavy (non-hydrogen) atoms. The van der Waals surface area contributed by atoms with Gasteiger partial charge in [-0.2, -0.15) is 4.31 Å². The molecule has 1 amide bonds. The number of nitrogens with zero attached hydrogens (tertiary/aromatic N) is 3. The van der Waals surface area contributed by atoms with E-state index in [1.807, 2.05) is 0 Å². The Balaban J connectivity index is 2.04. The van der Waals surface area contributed by atoms with E-state index in [4.69, 9.17) is 0 Å². The van der Waals surface area contributed by atoms with Crippen molar-refractivity contribution in [2.24, 2.45) is 5.92 Å². The summed E-state index contributed by atoms with van der Waals surface area (Å²) >= 11 is 0. The number of rotatable bonds is 4. The third kappa shape index (κ3) is 3.79. The summed E-state index contributed by atoms with van der Waals surface area (Å²) in [4.78, 5) is 17.9. The molecule has 1 atom stereocenters. The first-order chi connectivity index (χ1) is 9.91. The molecule has 0 bridgehead atoms. The van der Waals surface area contributed by atoms with Gasteiger partial charge in [0.25, 0.3) is 0 Å². The average molecular weight is 311 g/mol. The summed E-state index contributed by atoms with van der Waals surface area (Å²) in [5.74, 6) is 0.333. The second kappa shape index (κ2) is 6.53. The first-order valence-electron chi connectivity index (χ1n) is 7.05. The SMILES string of the molecule is C[C@H]1CCCN(C(=O)CN(C)S(=O)(=O)c2cccnc2)C1. The van der Waals surface area contributed by atoms with E-state index < -0.39 is 10.0 Å². The molecule has 0 spiro atoms. The van der Waals surface area contributed by atoms with Crippen LogP contribution in [0.3, 0.4) is 0 Å². The number of piperidine rings is 1. The van der Waals surface area contributed by atoms with Crippen molar-refractivity contribution in [2.45, 2.75) is 24.7 Å². The van der Waals surface area contributed by atoms with Crippen LogP contribution < -0.4 is 0 Å². The molecule has 1 fully saturated rings. The normalized spacial score (nSPS) is 19.8. The van der Waals surface area contributed by atoms with Crippen LogP contribution in [-0.4, -0.2) is 55.2 Å². The number of likely N-dealkylation sites (tertiary alicyclic amines) is 1. The van der Waals surface area contributed by atoms with Gasteiger partial charge in [-0.25, -0.2) is 8.42 Å². The minimum absolute atomic E-state index is 0.104. The Morgan fingerprint density at radius 1 is 1.52 bits per heavy atom. The van der Waals surface area contributed by atoms with Crippen molar-refractivity contribution in [1.82, 2.24) is 14.2 Å². The van der Waals surface area contributed by atoms with Crippen molar-refractivity contribution in [2.75, 3.05) is 26.7 Å². The number of carbonyl (C=O) groups excluding carboxylic acids is 1. The molecule has 1 aliphatic rings. The Kier molecular flexibility index (Phi) is 4.95. The Morgan fingerprint density at radius 3 is 2.90 bits per heavy atom. The van der Waals surface area contributed by atoms with Crippen molar-refractivity contribution in [3.05, 3.63) is 24.5 Å². The number of hydrogen-bond donors (Lipinski definition) is 0. The minimum atomic E-state index is -3.66. The lowest BCUT2D eigenvalue weighted by Gasteiger charge is -2.32. The molecule has 1 saturated heterocycles. The Morgan fingerprint density at radius 2 is 2.29 bits per heavy atom. The largest absolute Gasteiger partial charge is 0.341 e. The second-order valence-electron chi connectivity index (χ2n) is 5.54. The highest BCUT2D eigenvalue weighted by molar-refractivity contribution is 7.89. The van der Waals surface area contributed by atoms with E-state index in [0.29, 0.717) is 19.0 Å². The summed E-state index contributed by atoms with van der Waals surface area (Å²) in [5.41, 5.74) is 0. The fourth-order valence-corrected chi connectivity index (χ4v) is 3.56. The first-order valence-corrected chi connectivity index (χ1v) is 8.49. The lowest BCUT2D eigenvalue weighted by atomic mass is 10.0. The van der Waals surface area contributed by atoms with Crippen LogP contribution in [0.25, 0.3) is 0 Å². The van der Waals surface area contributed by atoms with E-state index in [0.717, 1.165) is 17.1 Å². The van der Waals surface area contributed by atoms with Crippen LogP contribution >= 0.6 is 0 Å². The number of amides is 1. The number of pyridine rings is 1. The molecule has 0 radical (unpaired) electrons. The molecule has 1 aliphatic heterocycles. The summed E-state index contributed by atoms with van der Waals surface area (Å²) < 4.78 is 25.7. The smallest absolute Gasteiger partial charge is 0.244 e. The molecular formula is C14H21N3O3S.